The van der Waals surface area contributed by atoms with E-state index in [2.05, 4.69) is 33.8 Å². The monoisotopic (exact) mass is 361 g/mol. The second kappa shape index (κ2) is 6.78. The van der Waals surface area contributed by atoms with Crippen molar-refractivity contribution in [2.24, 2.45) is 0 Å². The zero-order valence-corrected chi connectivity index (χ0v) is 15.2. The molecule has 1 saturated heterocycles. The molecule has 2 aliphatic rings. The van der Waals surface area contributed by atoms with Gasteiger partial charge in [-0.2, -0.15) is 5.10 Å². The molecule has 1 fully saturated rings. The summed E-state index contributed by atoms with van der Waals surface area (Å²) >= 11 is 0. The normalized spacial score (nSPS) is 19.9. The molecule has 2 aromatic heterocycles. The van der Waals surface area contributed by atoms with Crippen molar-refractivity contribution in [1.82, 2.24) is 25.2 Å². The molecular formula is C21H23N5O. The highest BCUT2D eigenvalue weighted by Crippen LogP contribution is 2.31. The maximum absolute atomic E-state index is 12.8. The smallest absolute Gasteiger partial charge is 0.254 e. The van der Waals surface area contributed by atoms with E-state index in [1.165, 1.54) is 11.1 Å². The van der Waals surface area contributed by atoms with Crippen molar-refractivity contribution in [3.63, 3.8) is 0 Å². The van der Waals surface area contributed by atoms with Gasteiger partial charge in [0.1, 0.15) is 0 Å². The van der Waals surface area contributed by atoms with Gasteiger partial charge in [0.15, 0.2) is 5.65 Å². The van der Waals surface area contributed by atoms with E-state index in [9.17, 15) is 4.79 Å². The summed E-state index contributed by atoms with van der Waals surface area (Å²) in [7, 11) is 0. The Morgan fingerprint density at radius 1 is 1.19 bits per heavy atom. The number of fused-ring (bicyclic) bond motifs is 2. The molecule has 2 N–H and O–H groups in total. The maximum atomic E-state index is 12.8. The van der Waals surface area contributed by atoms with E-state index in [0.717, 1.165) is 50.1 Å². The highest BCUT2D eigenvalue weighted by Gasteiger charge is 2.24. The number of carbonyl (C=O) groups excluding carboxylic acids is 1. The van der Waals surface area contributed by atoms with Crippen molar-refractivity contribution in [3.05, 3.63) is 65.1 Å². The molecule has 1 amide bonds. The third-order valence-electron chi connectivity index (χ3n) is 5.79. The van der Waals surface area contributed by atoms with Crippen LogP contribution in [0.3, 0.4) is 0 Å². The Morgan fingerprint density at radius 2 is 2.04 bits per heavy atom. The summed E-state index contributed by atoms with van der Waals surface area (Å²) in [5.74, 6) is 0.380. The first-order valence-electron chi connectivity index (χ1n) is 9.72. The average molecular weight is 361 g/mol. The first kappa shape index (κ1) is 16.4. The van der Waals surface area contributed by atoms with Gasteiger partial charge in [-0.1, -0.05) is 24.3 Å². The van der Waals surface area contributed by atoms with Gasteiger partial charge in [0, 0.05) is 24.4 Å². The molecule has 0 spiro atoms. The van der Waals surface area contributed by atoms with Crippen LogP contribution in [0.4, 0.5) is 0 Å². The molecule has 1 aromatic carbocycles. The van der Waals surface area contributed by atoms with Crippen molar-refractivity contribution in [2.75, 3.05) is 13.1 Å². The number of nitrogens with one attached hydrogen (secondary N) is 2. The van der Waals surface area contributed by atoms with Crippen molar-refractivity contribution < 1.29 is 4.79 Å². The Kier molecular flexibility index (Phi) is 4.13. The van der Waals surface area contributed by atoms with Crippen LogP contribution in [0.1, 0.15) is 58.4 Å². The van der Waals surface area contributed by atoms with Gasteiger partial charge in [-0.3, -0.25) is 4.79 Å². The molecule has 5 rings (SSSR count). The Hall–Kier alpha value is -2.73. The van der Waals surface area contributed by atoms with Crippen LogP contribution in [0.2, 0.25) is 0 Å². The highest BCUT2D eigenvalue weighted by atomic mass is 16.1. The molecule has 3 aromatic rings. The van der Waals surface area contributed by atoms with E-state index < -0.39 is 0 Å². The molecule has 0 bridgehead atoms. The molecule has 0 saturated carbocycles. The number of aryl methyl sites for hydroxylation is 1. The topological polar surface area (TPSA) is 71.3 Å². The van der Waals surface area contributed by atoms with E-state index in [1.807, 2.05) is 12.1 Å². The molecule has 6 nitrogen and oxygen atoms in total. The molecule has 1 aliphatic heterocycles. The Balaban J connectivity index is 1.36. The number of amides is 1. The van der Waals surface area contributed by atoms with Crippen LogP contribution < -0.4 is 10.6 Å². The molecule has 0 radical (unpaired) electrons. The number of aromatic nitrogens is 3. The van der Waals surface area contributed by atoms with Crippen molar-refractivity contribution in [1.29, 1.82) is 0 Å². The molecule has 138 valence electrons. The van der Waals surface area contributed by atoms with E-state index in [1.54, 1.807) is 16.9 Å². The minimum Gasteiger partial charge on any atom is -0.345 e. The fourth-order valence-electron chi connectivity index (χ4n) is 4.28. The predicted octanol–water partition coefficient (Wildman–Crippen LogP) is 2.61. The summed E-state index contributed by atoms with van der Waals surface area (Å²) < 4.78 is 1.74. The minimum absolute atomic E-state index is 0.0762. The third-order valence-corrected chi connectivity index (χ3v) is 5.79. The fraction of sp³-hybridized carbons (Fsp3) is 0.381. The Labute approximate surface area is 158 Å². The number of piperidine rings is 1. The van der Waals surface area contributed by atoms with Crippen LogP contribution >= 0.6 is 0 Å². The van der Waals surface area contributed by atoms with Crippen LogP contribution in [0.15, 0.2) is 42.7 Å². The van der Waals surface area contributed by atoms with Crippen LogP contribution in [0, 0.1) is 0 Å². The maximum Gasteiger partial charge on any atom is 0.254 e. The van der Waals surface area contributed by atoms with E-state index in [-0.39, 0.29) is 11.9 Å². The zero-order valence-electron chi connectivity index (χ0n) is 15.2. The van der Waals surface area contributed by atoms with Crippen LogP contribution in [-0.4, -0.2) is 33.6 Å². The standard InChI is InChI=1S/C21H23N5O/c27-21(24-18-6-5-14-3-1-2-4-17(14)18)16-12-23-20-11-19(25-26(20)13-16)15-7-9-22-10-8-15/h1-4,11-13,15,18,22H,5-10H2,(H,24,27)/t18-/m0/s1. The lowest BCUT2D eigenvalue weighted by molar-refractivity contribution is 0.0936. The number of carbonyl (C=O) groups is 1. The lowest BCUT2D eigenvalue weighted by Crippen LogP contribution is -2.27. The molecule has 27 heavy (non-hydrogen) atoms. The van der Waals surface area contributed by atoms with Gasteiger partial charge in [-0.25, -0.2) is 9.50 Å². The molecule has 0 unspecified atom stereocenters. The van der Waals surface area contributed by atoms with Gasteiger partial charge in [-0.15, -0.1) is 0 Å². The van der Waals surface area contributed by atoms with Crippen LogP contribution in [-0.2, 0) is 6.42 Å². The largest absolute Gasteiger partial charge is 0.345 e. The fourth-order valence-corrected chi connectivity index (χ4v) is 4.28. The molecule has 1 aliphatic carbocycles. The lowest BCUT2D eigenvalue weighted by Gasteiger charge is -2.20. The molecule has 6 heteroatoms. The molecular weight excluding hydrogens is 338 g/mol. The van der Waals surface area contributed by atoms with Gasteiger partial charge in [0.25, 0.3) is 5.91 Å². The first-order chi connectivity index (χ1) is 13.3. The number of hydrogen-bond acceptors (Lipinski definition) is 4. The third kappa shape index (κ3) is 3.10. The summed E-state index contributed by atoms with van der Waals surface area (Å²) in [4.78, 5) is 17.2. The SMILES string of the molecule is O=C(N[C@H]1CCc2ccccc21)c1cnc2cc(C3CCNCC3)nn2c1. The minimum atomic E-state index is -0.0926. The Bertz CT molecular complexity index is 989. The lowest BCUT2D eigenvalue weighted by atomic mass is 9.95. The Morgan fingerprint density at radius 3 is 2.93 bits per heavy atom. The van der Waals surface area contributed by atoms with Gasteiger partial charge < -0.3 is 10.6 Å². The number of rotatable bonds is 3. The first-order valence-corrected chi connectivity index (χ1v) is 9.72. The number of benzene rings is 1. The van der Waals surface area contributed by atoms with Crippen molar-refractivity contribution in [3.8, 4) is 0 Å². The summed E-state index contributed by atoms with van der Waals surface area (Å²) in [5.41, 5.74) is 4.98. The predicted molar refractivity (Wildman–Crippen MR) is 103 cm³/mol. The van der Waals surface area contributed by atoms with Crippen molar-refractivity contribution >= 4 is 11.6 Å². The number of nitrogens with zero attached hydrogens (tertiary/aromatic N) is 3. The zero-order chi connectivity index (χ0) is 18.2. The van der Waals surface area contributed by atoms with Gasteiger partial charge in [-0.05, 0) is 49.9 Å². The number of hydrogen-bond donors (Lipinski definition) is 2. The molecule has 3 heterocycles. The van der Waals surface area contributed by atoms with Crippen LogP contribution in [0.5, 0.6) is 0 Å². The second-order valence-corrected chi connectivity index (χ2v) is 7.50. The second-order valence-electron chi connectivity index (χ2n) is 7.50. The summed E-state index contributed by atoms with van der Waals surface area (Å²) in [6.07, 6.45) is 7.60. The van der Waals surface area contributed by atoms with Crippen LogP contribution in [0.25, 0.3) is 5.65 Å². The quantitative estimate of drug-likeness (QED) is 0.752. The summed E-state index contributed by atoms with van der Waals surface area (Å²) in [5, 5.41) is 11.2. The molecule has 1 atom stereocenters. The van der Waals surface area contributed by atoms with Crippen molar-refractivity contribution in [2.45, 2.75) is 37.6 Å². The summed E-state index contributed by atoms with van der Waals surface area (Å²) in [6.45, 7) is 2.06. The van der Waals surface area contributed by atoms with E-state index in [0.29, 0.717) is 11.5 Å². The van der Waals surface area contributed by atoms with Gasteiger partial charge >= 0.3 is 0 Å². The average Bonchev–Trinajstić information content (AvgIpc) is 3.32. The van der Waals surface area contributed by atoms with Gasteiger partial charge in [0.05, 0.1) is 17.3 Å². The van der Waals surface area contributed by atoms with E-state index >= 15 is 0 Å². The van der Waals surface area contributed by atoms with Gasteiger partial charge in [0.2, 0.25) is 0 Å². The van der Waals surface area contributed by atoms with E-state index in [4.69, 9.17) is 5.10 Å². The highest BCUT2D eigenvalue weighted by molar-refractivity contribution is 5.94. The summed E-state index contributed by atoms with van der Waals surface area (Å²) in [6, 6.07) is 10.5.